The summed E-state index contributed by atoms with van der Waals surface area (Å²) in [5.74, 6) is -0.312. The van der Waals surface area contributed by atoms with Crippen molar-refractivity contribution in [3.63, 3.8) is 0 Å². The van der Waals surface area contributed by atoms with Crippen molar-refractivity contribution in [3.8, 4) is 0 Å². The summed E-state index contributed by atoms with van der Waals surface area (Å²) in [5, 5.41) is 14.4. The van der Waals surface area contributed by atoms with Gasteiger partial charge in [-0.1, -0.05) is 80.8 Å². The maximum Gasteiger partial charge on any atom is 0.402 e. The molecule has 8 nitrogen and oxygen atoms in total. The highest BCUT2D eigenvalue weighted by Crippen LogP contribution is 1.89. The maximum absolute atomic E-state index is 10.4. The fourth-order valence-corrected chi connectivity index (χ4v) is 0.254. The van der Waals surface area contributed by atoms with Gasteiger partial charge in [-0.2, -0.15) is 0 Å². The van der Waals surface area contributed by atoms with Gasteiger partial charge in [-0.25, -0.2) is 14.4 Å². The number of primary amides is 2. The summed E-state index contributed by atoms with van der Waals surface area (Å²) < 4.78 is 4.56. The van der Waals surface area contributed by atoms with Gasteiger partial charge in [-0.15, -0.1) is 0 Å². The third-order valence-electron chi connectivity index (χ3n) is 0.624. The SMILES string of the molecule is C.C.C.C.C.C.C.C.C.C.C=C(C)C(=O)OCC.NC(=O)O.NC(=O)O. The van der Waals surface area contributed by atoms with E-state index in [0.29, 0.717) is 12.2 Å². The van der Waals surface area contributed by atoms with E-state index in [-0.39, 0.29) is 80.2 Å². The molecule has 0 saturated heterocycles. The second-order valence-corrected chi connectivity index (χ2v) is 2.18. The predicted molar refractivity (Wildman–Crippen MR) is 123 cm³/mol. The molecule has 0 rings (SSSR count). The first kappa shape index (κ1) is 106. The van der Waals surface area contributed by atoms with Crippen LogP contribution in [-0.4, -0.2) is 35.0 Å². The van der Waals surface area contributed by atoms with E-state index >= 15 is 0 Å². The number of nitrogens with two attached hydrogens (primary N) is 2. The molecule has 0 bridgehead atoms. The smallest absolute Gasteiger partial charge is 0.402 e. The minimum atomic E-state index is -1.33. The summed E-state index contributed by atoms with van der Waals surface area (Å²) in [6, 6.07) is 0. The third-order valence-corrected chi connectivity index (χ3v) is 0.624. The van der Waals surface area contributed by atoms with E-state index in [2.05, 4.69) is 22.8 Å². The van der Waals surface area contributed by atoms with E-state index in [1.54, 1.807) is 13.8 Å². The zero-order chi connectivity index (χ0) is 13.7. The lowest BCUT2D eigenvalue weighted by Crippen LogP contribution is -2.03. The molecule has 0 radical (unpaired) electrons. The van der Waals surface area contributed by atoms with Crippen LogP contribution in [0, 0.1) is 0 Å². The topological polar surface area (TPSA) is 153 Å². The van der Waals surface area contributed by atoms with Crippen molar-refractivity contribution in [2.75, 3.05) is 6.61 Å². The lowest BCUT2D eigenvalue weighted by Gasteiger charge is -1.96. The molecule has 26 heavy (non-hydrogen) atoms. The van der Waals surface area contributed by atoms with Gasteiger partial charge in [-0.3, -0.25) is 0 Å². The molecule has 2 amide bonds. The van der Waals surface area contributed by atoms with Gasteiger partial charge in [0.2, 0.25) is 0 Å². The molecule has 0 atom stereocenters. The Bertz CT molecular complexity index is 238. The van der Waals surface area contributed by atoms with Crippen LogP contribution in [0.3, 0.4) is 0 Å². The Morgan fingerprint density at radius 3 is 0.962 bits per heavy atom. The molecule has 0 aromatic carbocycles. The van der Waals surface area contributed by atoms with Crippen LogP contribution in [0.25, 0.3) is 0 Å². The average molecular weight is 397 g/mol. The third kappa shape index (κ3) is 415. The van der Waals surface area contributed by atoms with Gasteiger partial charge in [0, 0.05) is 5.57 Å². The zero-order valence-electron chi connectivity index (χ0n) is 9.10. The standard InChI is InChI=1S/C6H10O2.2CH3NO2.10CH4/c1-4-8-6(7)5(2)3;2*2-1(3)4;;;;;;;;;;/h2,4H2,1,3H3;2*2H2,(H,3,4);10*1H4. The minimum Gasteiger partial charge on any atom is -0.465 e. The second kappa shape index (κ2) is 78.0. The Morgan fingerprint density at radius 2 is 0.923 bits per heavy atom. The van der Waals surface area contributed by atoms with Gasteiger partial charge in [0.25, 0.3) is 0 Å². The van der Waals surface area contributed by atoms with Crippen molar-refractivity contribution in [2.24, 2.45) is 11.5 Å². The van der Waals surface area contributed by atoms with Crippen LogP contribution in [0.4, 0.5) is 9.59 Å². The summed E-state index contributed by atoms with van der Waals surface area (Å²) in [6.07, 6.45) is -2.67. The van der Waals surface area contributed by atoms with Gasteiger partial charge < -0.3 is 26.4 Å². The van der Waals surface area contributed by atoms with E-state index < -0.39 is 12.2 Å². The Hall–Kier alpha value is -2.25. The Labute approximate surface area is 166 Å². The number of esters is 1. The van der Waals surface area contributed by atoms with Crippen LogP contribution >= 0.6 is 0 Å². The Balaban J connectivity index is -0.00000000782. The maximum atomic E-state index is 10.4. The van der Waals surface area contributed by atoms with E-state index in [0.717, 1.165) is 0 Å². The summed E-state index contributed by atoms with van der Waals surface area (Å²) in [5.41, 5.74) is 8.51. The lowest BCUT2D eigenvalue weighted by atomic mass is 10.4. The highest BCUT2D eigenvalue weighted by molar-refractivity contribution is 5.86. The monoisotopic (exact) mass is 396 g/mol. The molecule has 0 saturated carbocycles. The summed E-state index contributed by atoms with van der Waals surface area (Å²) in [4.78, 5) is 28.0. The normalized spacial score (nSPS) is 4.38. The molecule has 0 aliphatic carbocycles. The van der Waals surface area contributed by atoms with Crippen molar-refractivity contribution in [1.82, 2.24) is 0 Å². The van der Waals surface area contributed by atoms with Crippen LogP contribution in [0.5, 0.6) is 0 Å². The first-order valence-electron chi connectivity index (χ1n) is 3.94. The van der Waals surface area contributed by atoms with Crippen LogP contribution in [0.1, 0.15) is 88.1 Å². The van der Waals surface area contributed by atoms with Gasteiger partial charge in [0.1, 0.15) is 0 Å². The minimum absolute atomic E-state index is 0. The molecule has 0 aromatic heterocycles. The van der Waals surface area contributed by atoms with Gasteiger partial charge >= 0.3 is 18.2 Å². The Kier molecular flexibility index (Phi) is 319. The van der Waals surface area contributed by atoms with Crippen LogP contribution in [-0.2, 0) is 9.53 Å². The summed E-state index contributed by atoms with van der Waals surface area (Å²) in [6.45, 7) is 7.21. The number of rotatable bonds is 2. The van der Waals surface area contributed by atoms with Crippen LogP contribution < -0.4 is 11.5 Å². The lowest BCUT2D eigenvalue weighted by molar-refractivity contribution is -0.138. The number of carbonyl (C=O) groups excluding carboxylic acids is 1. The number of amides is 2. The first-order chi connectivity index (χ1) is 7.14. The number of carbonyl (C=O) groups is 3. The van der Waals surface area contributed by atoms with Crippen LogP contribution in [0.2, 0.25) is 0 Å². The summed E-state index contributed by atoms with van der Waals surface area (Å²) >= 11 is 0. The molecule has 8 heteroatoms. The highest BCUT2D eigenvalue weighted by atomic mass is 16.5. The molecule has 0 heterocycles. The average Bonchev–Trinajstić information content (AvgIpc) is 2.02. The first-order valence-corrected chi connectivity index (χ1v) is 3.94. The quantitative estimate of drug-likeness (QED) is 0.299. The molecular weight excluding hydrogens is 340 g/mol. The van der Waals surface area contributed by atoms with Gasteiger partial charge in [0.05, 0.1) is 6.61 Å². The summed E-state index contributed by atoms with van der Waals surface area (Å²) in [7, 11) is 0. The molecular formula is C18H56N2O6. The fourth-order valence-electron chi connectivity index (χ4n) is 0.254. The van der Waals surface area contributed by atoms with Crippen LogP contribution in [0.15, 0.2) is 12.2 Å². The van der Waals surface area contributed by atoms with Gasteiger partial charge in [-0.05, 0) is 13.8 Å². The molecule has 6 N–H and O–H groups in total. The molecule has 0 fully saturated rings. The number of carboxylic acid groups (broad SMARTS) is 2. The fraction of sp³-hybridized carbons (Fsp3) is 0.722. The number of hydrogen-bond donors (Lipinski definition) is 4. The number of hydrogen-bond acceptors (Lipinski definition) is 4. The molecule has 174 valence electrons. The largest absolute Gasteiger partial charge is 0.465 e. The van der Waals surface area contributed by atoms with Gasteiger partial charge in [0.15, 0.2) is 0 Å². The van der Waals surface area contributed by atoms with E-state index in [9.17, 15) is 4.79 Å². The molecule has 0 spiro atoms. The molecule has 0 aliphatic rings. The van der Waals surface area contributed by atoms with E-state index in [4.69, 9.17) is 19.8 Å². The second-order valence-electron chi connectivity index (χ2n) is 2.18. The number of ether oxygens (including phenoxy) is 1. The highest BCUT2D eigenvalue weighted by Gasteiger charge is 1.98. The predicted octanol–water partition coefficient (Wildman–Crippen LogP) is 6.73. The van der Waals surface area contributed by atoms with Crippen molar-refractivity contribution in [3.05, 3.63) is 12.2 Å². The van der Waals surface area contributed by atoms with Crippen molar-refractivity contribution < 1.29 is 29.3 Å². The van der Waals surface area contributed by atoms with E-state index in [1.165, 1.54) is 0 Å². The molecule has 0 aliphatic heterocycles. The van der Waals surface area contributed by atoms with Crippen molar-refractivity contribution in [1.29, 1.82) is 0 Å². The Morgan fingerprint density at radius 1 is 0.769 bits per heavy atom. The molecule has 0 unspecified atom stereocenters. The van der Waals surface area contributed by atoms with E-state index in [1.807, 2.05) is 0 Å². The molecule has 0 aromatic rings. The van der Waals surface area contributed by atoms with Crippen molar-refractivity contribution >= 4 is 18.2 Å². The van der Waals surface area contributed by atoms with Crippen molar-refractivity contribution in [2.45, 2.75) is 88.1 Å². The zero-order valence-corrected chi connectivity index (χ0v) is 9.10.